The van der Waals surface area contributed by atoms with E-state index in [0.29, 0.717) is 44.9 Å². The van der Waals surface area contributed by atoms with Crippen LogP contribution in [0.15, 0.2) is 36.5 Å². The molecule has 1 saturated heterocycles. The summed E-state index contributed by atoms with van der Waals surface area (Å²) in [6, 6.07) is 8.65. The molecule has 4 rings (SSSR count). The first kappa shape index (κ1) is 31.7. The highest BCUT2D eigenvalue weighted by Crippen LogP contribution is 2.37. The molecule has 1 fully saturated rings. The van der Waals surface area contributed by atoms with Crippen molar-refractivity contribution in [2.75, 3.05) is 13.1 Å². The van der Waals surface area contributed by atoms with Crippen LogP contribution in [0.5, 0.6) is 0 Å². The zero-order valence-corrected chi connectivity index (χ0v) is 27.4. The first-order valence-corrected chi connectivity index (χ1v) is 17.8. The molecule has 0 radical (unpaired) electrons. The van der Waals surface area contributed by atoms with Crippen molar-refractivity contribution in [3.05, 3.63) is 53.6 Å². The largest absolute Gasteiger partial charge is 0.445 e. The van der Waals surface area contributed by atoms with Gasteiger partial charge in [-0.25, -0.2) is 19.1 Å². The third-order valence-corrected chi connectivity index (χ3v) is 13.3. The highest BCUT2D eigenvalue weighted by Gasteiger charge is 2.41. The molecule has 0 unspecified atom stereocenters. The van der Waals surface area contributed by atoms with E-state index in [1.165, 1.54) is 0 Å². The molecule has 2 aromatic rings. The summed E-state index contributed by atoms with van der Waals surface area (Å²) in [4.78, 5) is 47.9. The lowest BCUT2D eigenvalue weighted by Gasteiger charge is -2.40. The van der Waals surface area contributed by atoms with E-state index in [9.17, 15) is 14.4 Å². The average molecular weight is 598 g/mol. The topological polar surface area (TPSA) is 106 Å². The standard InChI is InChI=1S/C31H47N5O5Si/c1-30(2,3)26(33-28(38)40-20-22-12-10-9-11-13-22)27(37)34-16-14-23(15-17-34)35-19-24-18-32-25(36(24)29(35)39)21-41-42(7,8)31(4,5)6/h9-13,18,23,26H,14-17,19-21H2,1-8H3,(H,33,38)/t26-/m0/s1. The second-order valence-electron chi connectivity index (χ2n) is 14.0. The zero-order chi connectivity index (χ0) is 30.9. The number of hydrogen-bond donors (Lipinski definition) is 1. The van der Waals surface area contributed by atoms with Gasteiger partial charge in [0.1, 0.15) is 18.5 Å². The number of hydrogen-bond acceptors (Lipinski definition) is 6. The van der Waals surface area contributed by atoms with Gasteiger partial charge in [-0.05, 0) is 42.0 Å². The average Bonchev–Trinajstić information content (AvgIpc) is 3.48. The minimum atomic E-state index is -1.99. The molecule has 230 valence electrons. The van der Waals surface area contributed by atoms with E-state index in [1.807, 2.05) is 56.0 Å². The van der Waals surface area contributed by atoms with Crippen LogP contribution in [0.1, 0.15) is 71.5 Å². The lowest BCUT2D eigenvalue weighted by atomic mass is 9.85. The molecule has 42 heavy (non-hydrogen) atoms. The molecule has 2 aliphatic heterocycles. The van der Waals surface area contributed by atoms with E-state index in [1.54, 1.807) is 15.7 Å². The number of ether oxygens (including phenoxy) is 1. The fourth-order valence-corrected chi connectivity index (χ4v) is 6.03. The van der Waals surface area contributed by atoms with E-state index in [-0.39, 0.29) is 29.6 Å². The number of nitrogens with zero attached hydrogens (tertiary/aromatic N) is 4. The summed E-state index contributed by atoms with van der Waals surface area (Å²) in [6.07, 6.45) is 2.49. The Balaban J connectivity index is 1.33. The van der Waals surface area contributed by atoms with Crippen LogP contribution in [0, 0.1) is 5.41 Å². The smallest absolute Gasteiger partial charge is 0.408 e. The van der Waals surface area contributed by atoms with Crippen molar-refractivity contribution in [2.24, 2.45) is 5.41 Å². The Morgan fingerprint density at radius 2 is 1.69 bits per heavy atom. The summed E-state index contributed by atoms with van der Waals surface area (Å²) in [6.45, 7) is 18.7. The molecule has 1 atom stereocenters. The van der Waals surface area contributed by atoms with Gasteiger partial charge in [-0.1, -0.05) is 71.9 Å². The van der Waals surface area contributed by atoms with Gasteiger partial charge >= 0.3 is 12.1 Å². The molecule has 11 heteroatoms. The Labute approximate surface area is 250 Å². The lowest BCUT2D eigenvalue weighted by Crippen LogP contribution is -2.57. The van der Waals surface area contributed by atoms with Gasteiger partial charge in [0, 0.05) is 19.1 Å². The van der Waals surface area contributed by atoms with Gasteiger partial charge < -0.3 is 24.3 Å². The van der Waals surface area contributed by atoms with Crippen molar-refractivity contribution in [3.8, 4) is 0 Å². The number of nitrogens with one attached hydrogen (secondary N) is 1. The fraction of sp³-hybridized carbons (Fsp3) is 0.613. The molecule has 0 bridgehead atoms. The Kier molecular flexibility index (Phi) is 9.22. The number of likely N-dealkylation sites (tertiary alicyclic amines) is 1. The third-order valence-electron chi connectivity index (χ3n) is 8.85. The summed E-state index contributed by atoms with van der Waals surface area (Å²) in [5.74, 6) is 0.513. The van der Waals surface area contributed by atoms with Gasteiger partial charge in [-0.2, -0.15) is 0 Å². The van der Waals surface area contributed by atoms with Crippen molar-refractivity contribution in [3.63, 3.8) is 0 Å². The SMILES string of the molecule is CC(C)(C)[C@@H](NC(=O)OCc1ccccc1)C(=O)N1CCC(N2Cc3cnc(CO[Si](C)(C)C(C)(C)C)n3C2=O)CC1. The van der Waals surface area contributed by atoms with Gasteiger partial charge in [0.25, 0.3) is 0 Å². The second kappa shape index (κ2) is 12.2. The second-order valence-corrected chi connectivity index (χ2v) is 18.8. The summed E-state index contributed by atoms with van der Waals surface area (Å²) in [5, 5.41) is 2.88. The van der Waals surface area contributed by atoms with Crippen LogP contribution in [-0.2, 0) is 33.7 Å². The number of fused-ring (bicyclic) bond motifs is 1. The molecule has 2 aliphatic rings. The molecule has 1 N–H and O–H groups in total. The van der Waals surface area contributed by atoms with E-state index in [4.69, 9.17) is 9.16 Å². The van der Waals surface area contributed by atoms with Gasteiger partial charge in [0.05, 0.1) is 25.0 Å². The highest BCUT2D eigenvalue weighted by atomic mass is 28.4. The number of imidazole rings is 1. The van der Waals surface area contributed by atoms with Crippen LogP contribution in [0.25, 0.3) is 0 Å². The Bertz CT molecular complexity index is 1270. The van der Waals surface area contributed by atoms with Crippen LogP contribution in [-0.4, -0.2) is 70.9 Å². The van der Waals surface area contributed by atoms with Gasteiger partial charge in [0.15, 0.2) is 8.32 Å². The highest BCUT2D eigenvalue weighted by molar-refractivity contribution is 6.74. The Hall–Kier alpha value is -3.18. The summed E-state index contributed by atoms with van der Waals surface area (Å²) in [7, 11) is -1.99. The quantitative estimate of drug-likeness (QED) is 0.402. The third kappa shape index (κ3) is 7.06. The van der Waals surface area contributed by atoms with Gasteiger partial charge in [0.2, 0.25) is 5.91 Å². The molecule has 0 saturated carbocycles. The fourth-order valence-electron chi connectivity index (χ4n) is 5.11. The molecular formula is C31H47N5O5Si. The monoisotopic (exact) mass is 597 g/mol. The maximum absolute atomic E-state index is 13.6. The van der Waals surface area contributed by atoms with Crippen molar-refractivity contribution in [1.29, 1.82) is 0 Å². The molecule has 10 nitrogen and oxygen atoms in total. The summed E-state index contributed by atoms with van der Waals surface area (Å²) in [5.41, 5.74) is 1.24. The number of benzene rings is 1. The van der Waals surface area contributed by atoms with Crippen molar-refractivity contribution >= 4 is 26.3 Å². The zero-order valence-electron chi connectivity index (χ0n) is 26.4. The number of rotatable bonds is 8. The number of carbonyl (C=O) groups is 3. The lowest BCUT2D eigenvalue weighted by molar-refractivity contribution is -0.137. The first-order valence-electron chi connectivity index (χ1n) is 14.8. The number of piperidine rings is 1. The molecule has 3 amide bonds. The molecule has 1 aromatic carbocycles. The maximum atomic E-state index is 13.6. The van der Waals surface area contributed by atoms with Crippen LogP contribution in [0.4, 0.5) is 9.59 Å². The minimum absolute atomic E-state index is 0.0208. The molecule has 0 spiro atoms. The van der Waals surface area contributed by atoms with Crippen molar-refractivity contribution in [2.45, 2.75) is 104 Å². The summed E-state index contributed by atoms with van der Waals surface area (Å²) >= 11 is 0. The van der Waals surface area contributed by atoms with Crippen molar-refractivity contribution < 1.29 is 23.5 Å². The minimum Gasteiger partial charge on any atom is -0.445 e. The predicted molar refractivity (Wildman–Crippen MR) is 163 cm³/mol. The van der Waals surface area contributed by atoms with Gasteiger partial charge in [-0.15, -0.1) is 0 Å². The molecule has 1 aromatic heterocycles. The van der Waals surface area contributed by atoms with Crippen LogP contribution in [0.2, 0.25) is 18.1 Å². The van der Waals surface area contributed by atoms with Crippen molar-refractivity contribution in [1.82, 2.24) is 24.7 Å². The van der Waals surface area contributed by atoms with E-state index < -0.39 is 25.9 Å². The first-order chi connectivity index (χ1) is 19.6. The Morgan fingerprint density at radius 1 is 1.05 bits per heavy atom. The van der Waals surface area contributed by atoms with Gasteiger partial charge in [-0.3, -0.25) is 4.79 Å². The number of carbonyl (C=O) groups excluding carboxylic acids is 3. The molecular weight excluding hydrogens is 550 g/mol. The number of amides is 3. The van der Waals surface area contributed by atoms with E-state index in [2.05, 4.69) is 44.2 Å². The van der Waals surface area contributed by atoms with E-state index >= 15 is 0 Å². The normalized spacial score (nSPS) is 17.3. The predicted octanol–water partition coefficient (Wildman–Crippen LogP) is 5.52. The maximum Gasteiger partial charge on any atom is 0.408 e. The van der Waals surface area contributed by atoms with Crippen LogP contribution < -0.4 is 5.32 Å². The molecule has 3 heterocycles. The number of alkyl carbamates (subject to hydrolysis) is 1. The Morgan fingerprint density at radius 3 is 2.29 bits per heavy atom. The summed E-state index contributed by atoms with van der Waals surface area (Å²) < 4.78 is 13.4. The van der Waals surface area contributed by atoms with Crippen LogP contribution in [0.3, 0.4) is 0 Å². The van der Waals surface area contributed by atoms with E-state index in [0.717, 1.165) is 11.3 Å². The number of aromatic nitrogens is 2. The molecule has 0 aliphatic carbocycles. The van der Waals surface area contributed by atoms with Crippen LogP contribution >= 0.6 is 0 Å².